The number of amides is 1. The molecule has 0 bridgehead atoms. The Balaban J connectivity index is 2.15. The zero-order valence-electron chi connectivity index (χ0n) is 8.64. The largest absolute Gasteiger partial charge is 0.394 e. The first-order valence-electron chi connectivity index (χ1n) is 5.13. The lowest BCUT2D eigenvalue weighted by atomic mass is 10.2. The number of nitrogens with zero attached hydrogens (tertiary/aromatic N) is 3. The fourth-order valence-electron chi connectivity index (χ4n) is 1.87. The normalized spacial score (nSPS) is 20.1. The van der Waals surface area contributed by atoms with Crippen molar-refractivity contribution in [2.45, 2.75) is 18.9 Å². The zero-order valence-corrected chi connectivity index (χ0v) is 9.39. The van der Waals surface area contributed by atoms with Gasteiger partial charge in [-0.15, -0.1) is 10.2 Å². The summed E-state index contributed by atoms with van der Waals surface area (Å²) in [6, 6.07) is 2.99. The van der Waals surface area contributed by atoms with Crippen LogP contribution in [0.1, 0.15) is 23.3 Å². The summed E-state index contributed by atoms with van der Waals surface area (Å²) in [5, 5.41) is 16.8. The summed E-state index contributed by atoms with van der Waals surface area (Å²) in [4.78, 5) is 13.6. The van der Waals surface area contributed by atoms with Crippen LogP contribution in [0.5, 0.6) is 0 Å². The lowest BCUT2D eigenvalue weighted by Gasteiger charge is -2.22. The number of hydrogen-bond acceptors (Lipinski definition) is 4. The second-order valence-electron chi connectivity index (χ2n) is 3.72. The lowest BCUT2D eigenvalue weighted by molar-refractivity contribution is 0.0670. The first-order valence-corrected chi connectivity index (χ1v) is 5.51. The number of halogens is 1. The Hall–Kier alpha value is -1.20. The van der Waals surface area contributed by atoms with E-state index in [2.05, 4.69) is 10.2 Å². The number of rotatable bonds is 2. The smallest absolute Gasteiger partial charge is 0.274 e. The maximum Gasteiger partial charge on any atom is 0.274 e. The van der Waals surface area contributed by atoms with Gasteiger partial charge < -0.3 is 10.0 Å². The minimum absolute atomic E-state index is 0.00718. The minimum atomic E-state index is -0.194. The molecule has 0 aliphatic carbocycles. The van der Waals surface area contributed by atoms with Gasteiger partial charge in [0.25, 0.3) is 5.91 Å². The summed E-state index contributed by atoms with van der Waals surface area (Å²) in [5.41, 5.74) is 0.268. The second-order valence-corrected chi connectivity index (χ2v) is 4.11. The summed E-state index contributed by atoms with van der Waals surface area (Å²) in [5.74, 6) is -0.194. The number of likely N-dealkylation sites (tertiary alicyclic amines) is 1. The van der Waals surface area contributed by atoms with E-state index < -0.39 is 0 Å². The summed E-state index contributed by atoms with van der Waals surface area (Å²) >= 11 is 5.59. The predicted octanol–water partition coefficient (Wildman–Crippen LogP) is 0.727. The third-order valence-corrected chi connectivity index (χ3v) is 2.90. The standard InChI is InChI=1S/C10H12ClN3O2/c11-9-4-3-8(12-13-9)10(16)14-5-1-2-7(14)6-15/h3-4,7,15H,1-2,5-6H2/t7-/m1/s1. The molecule has 2 rings (SSSR count). The molecule has 0 unspecified atom stereocenters. The molecule has 1 aromatic rings. The van der Waals surface area contributed by atoms with Crippen LogP contribution in [-0.4, -0.2) is 45.3 Å². The monoisotopic (exact) mass is 241 g/mol. The van der Waals surface area contributed by atoms with E-state index in [1.165, 1.54) is 6.07 Å². The van der Waals surface area contributed by atoms with Crippen LogP contribution in [0.15, 0.2) is 12.1 Å². The van der Waals surface area contributed by atoms with Crippen molar-refractivity contribution in [1.29, 1.82) is 0 Å². The molecule has 1 N–H and O–H groups in total. The third kappa shape index (κ3) is 2.15. The molecular weight excluding hydrogens is 230 g/mol. The molecule has 86 valence electrons. The van der Waals surface area contributed by atoms with E-state index in [0.717, 1.165) is 12.8 Å². The number of aliphatic hydroxyl groups excluding tert-OH is 1. The highest BCUT2D eigenvalue weighted by atomic mass is 35.5. The summed E-state index contributed by atoms with van der Waals surface area (Å²) < 4.78 is 0. The molecule has 0 radical (unpaired) electrons. The van der Waals surface area contributed by atoms with Crippen molar-refractivity contribution in [2.24, 2.45) is 0 Å². The summed E-state index contributed by atoms with van der Waals surface area (Å²) in [6.45, 7) is 0.654. The van der Waals surface area contributed by atoms with Crippen molar-refractivity contribution in [2.75, 3.05) is 13.2 Å². The van der Waals surface area contributed by atoms with Gasteiger partial charge in [0.1, 0.15) is 0 Å². The van der Waals surface area contributed by atoms with E-state index in [9.17, 15) is 4.79 Å². The molecule has 1 aromatic heterocycles. The van der Waals surface area contributed by atoms with Crippen LogP contribution in [0, 0.1) is 0 Å². The van der Waals surface area contributed by atoms with Gasteiger partial charge in [-0.3, -0.25) is 4.79 Å². The minimum Gasteiger partial charge on any atom is -0.394 e. The third-order valence-electron chi connectivity index (χ3n) is 2.70. The van der Waals surface area contributed by atoms with Crippen LogP contribution in [0.2, 0.25) is 5.15 Å². The fourth-order valence-corrected chi connectivity index (χ4v) is 1.97. The SMILES string of the molecule is O=C(c1ccc(Cl)nn1)N1CCC[C@@H]1CO. The average Bonchev–Trinajstić information content (AvgIpc) is 2.77. The Morgan fingerprint density at radius 3 is 3.00 bits per heavy atom. The lowest BCUT2D eigenvalue weighted by Crippen LogP contribution is -2.38. The van der Waals surface area contributed by atoms with Crippen molar-refractivity contribution in [3.05, 3.63) is 23.0 Å². The van der Waals surface area contributed by atoms with Crippen molar-refractivity contribution < 1.29 is 9.90 Å². The molecule has 0 aromatic carbocycles. The maximum atomic E-state index is 12.0. The number of aliphatic hydroxyl groups is 1. The molecule has 0 spiro atoms. The summed E-state index contributed by atoms with van der Waals surface area (Å²) in [6.07, 6.45) is 1.75. The first kappa shape index (κ1) is 11.3. The highest BCUT2D eigenvalue weighted by molar-refractivity contribution is 6.29. The van der Waals surface area contributed by atoms with Gasteiger partial charge in [-0.05, 0) is 25.0 Å². The van der Waals surface area contributed by atoms with Gasteiger partial charge in [-0.2, -0.15) is 0 Å². The Bertz CT molecular complexity index is 382. The number of carbonyl (C=O) groups excluding carboxylic acids is 1. The molecule has 6 heteroatoms. The van der Waals surface area contributed by atoms with Crippen molar-refractivity contribution >= 4 is 17.5 Å². The number of carbonyl (C=O) groups is 1. The molecule has 0 saturated carbocycles. The van der Waals surface area contributed by atoms with E-state index in [1.54, 1.807) is 11.0 Å². The van der Waals surface area contributed by atoms with Crippen LogP contribution in [0.4, 0.5) is 0 Å². The van der Waals surface area contributed by atoms with Gasteiger partial charge in [0.15, 0.2) is 10.8 Å². The second kappa shape index (κ2) is 4.76. The fraction of sp³-hybridized carbons (Fsp3) is 0.500. The van der Waals surface area contributed by atoms with Crippen molar-refractivity contribution in [3.8, 4) is 0 Å². The molecule has 1 aliphatic rings. The molecule has 1 saturated heterocycles. The first-order chi connectivity index (χ1) is 7.72. The van der Waals surface area contributed by atoms with E-state index in [1.807, 2.05) is 0 Å². The Labute approximate surface area is 98.0 Å². The number of hydrogen-bond donors (Lipinski definition) is 1. The van der Waals surface area contributed by atoms with Gasteiger partial charge in [0.2, 0.25) is 0 Å². The maximum absolute atomic E-state index is 12.0. The Morgan fingerprint density at radius 2 is 2.38 bits per heavy atom. The molecular formula is C10H12ClN3O2. The molecule has 5 nitrogen and oxygen atoms in total. The van der Waals surface area contributed by atoms with E-state index in [-0.39, 0.29) is 29.4 Å². The Kier molecular flexibility index (Phi) is 3.36. The highest BCUT2D eigenvalue weighted by Gasteiger charge is 2.29. The van der Waals surface area contributed by atoms with Crippen LogP contribution in [-0.2, 0) is 0 Å². The zero-order chi connectivity index (χ0) is 11.5. The van der Waals surface area contributed by atoms with Gasteiger partial charge in [-0.25, -0.2) is 0 Å². The molecule has 1 amide bonds. The molecule has 1 fully saturated rings. The summed E-state index contributed by atoms with van der Waals surface area (Å²) in [7, 11) is 0. The van der Waals surface area contributed by atoms with E-state index >= 15 is 0 Å². The predicted molar refractivity (Wildman–Crippen MR) is 58.2 cm³/mol. The van der Waals surface area contributed by atoms with Crippen molar-refractivity contribution in [3.63, 3.8) is 0 Å². The van der Waals surface area contributed by atoms with E-state index in [0.29, 0.717) is 6.54 Å². The van der Waals surface area contributed by atoms with E-state index in [4.69, 9.17) is 16.7 Å². The number of aromatic nitrogens is 2. The quantitative estimate of drug-likeness (QED) is 0.829. The average molecular weight is 242 g/mol. The van der Waals surface area contributed by atoms with Gasteiger partial charge in [-0.1, -0.05) is 11.6 Å². The van der Waals surface area contributed by atoms with Crippen LogP contribution < -0.4 is 0 Å². The van der Waals surface area contributed by atoms with Crippen molar-refractivity contribution in [1.82, 2.24) is 15.1 Å². The highest BCUT2D eigenvalue weighted by Crippen LogP contribution is 2.19. The topological polar surface area (TPSA) is 66.3 Å². The Morgan fingerprint density at radius 1 is 1.56 bits per heavy atom. The van der Waals surface area contributed by atoms with Gasteiger partial charge in [0.05, 0.1) is 12.6 Å². The van der Waals surface area contributed by atoms with Gasteiger partial charge >= 0.3 is 0 Å². The van der Waals surface area contributed by atoms with Gasteiger partial charge in [0, 0.05) is 6.54 Å². The van der Waals surface area contributed by atoms with Crippen LogP contribution in [0.25, 0.3) is 0 Å². The molecule has 1 atom stereocenters. The molecule has 2 heterocycles. The molecule has 16 heavy (non-hydrogen) atoms. The van der Waals surface area contributed by atoms with Crippen LogP contribution >= 0.6 is 11.6 Å². The molecule has 1 aliphatic heterocycles. The van der Waals surface area contributed by atoms with Crippen LogP contribution in [0.3, 0.4) is 0 Å².